The molecule has 2 rings (SSSR count). The molecular weight excluding hydrogens is 370 g/mol. The molecule has 9 heteroatoms. The zero-order valence-electron chi connectivity index (χ0n) is 16.0. The average Bonchev–Trinajstić information content (AvgIpc) is 3.18. The van der Waals surface area contributed by atoms with Gasteiger partial charge in [-0.15, -0.1) is 11.3 Å². The largest absolute Gasteiger partial charge is 0.465 e. The Hall–Kier alpha value is -2.68. The van der Waals surface area contributed by atoms with Crippen LogP contribution in [0.5, 0.6) is 0 Å². The van der Waals surface area contributed by atoms with Crippen molar-refractivity contribution in [3.63, 3.8) is 0 Å². The zero-order chi connectivity index (χ0) is 20.1. The van der Waals surface area contributed by atoms with Gasteiger partial charge >= 0.3 is 11.9 Å². The molecule has 0 bridgehead atoms. The van der Waals surface area contributed by atoms with E-state index in [1.807, 2.05) is 13.8 Å². The van der Waals surface area contributed by atoms with Crippen molar-refractivity contribution in [2.75, 3.05) is 19.0 Å². The Balaban J connectivity index is 2.41. The third-order valence-corrected chi connectivity index (χ3v) is 5.22. The van der Waals surface area contributed by atoms with E-state index in [1.165, 1.54) is 13.3 Å². The number of carbonyl (C=O) groups is 3. The van der Waals surface area contributed by atoms with E-state index >= 15 is 0 Å². The summed E-state index contributed by atoms with van der Waals surface area (Å²) in [6, 6.07) is 0. The van der Waals surface area contributed by atoms with Gasteiger partial charge in [-0.3, -0.25) is 9.48 Å². The van der Waals surface area contributed by atoms with Crippen LogP contribution in [0.1, 0.15) is 61.9 Å². The number of anilines is 1. The van der Waals surface area contributed by atoms with Crippen molar-refractivity contribution >= 4 is 34.2 Å². The minimum Gasteiger partial charge on any atom is -0.465 e. The Morgan fingerprint density at radius 1 is 1.22 bits per heavy atom. The molecule has 0 unspecified atom stereocenters. The standard InChI is InChI=1S/C18H23N3O5S/c1-6-8-26-17(23)13-10(3)14(18(24)25-5)27-16(13)20-15(22)12-9-19-21(7-2)11(12)4/h9H,6-8H2,1-5H3,(H,20,22). The third-order valence-electron chi connectivity index (χ3n) is 4.03. The van der Waals surface area contributed by atoms with Gasteiger partial charge in [0.05, 0.1) is 31.0 Å². The minimum atomic E-state index is -0.586. The van der Waals surface area contributed by atoms with Crippen LogP contribution in [0.4, 0.5) is 5.00 Å². The first-order valence-electron chi connectivity index (χ1n) is 8.58. The van der Waals surface area contributed by atoms with Crippen molar-refractivity contribution < 1.29 is 23.9 Å². The number of esters is 2. The van der Waals surface area contributed by atoms with Gasteiger partial charge in [-0.2, -0.15) is 5.10 Å². The van der Waals surface area contributed by atoms with Crippen molar-refractivity contribution in [3.8, 4) is 0 Å². The molecule has 0 fully saturated rings. The summed E-state index contributed by atoms with van der Waals surface area (Å²) in [7, 11) is 1.26. The number of nitrogens with one attached hydrogen (secondary N) is 1. The maximum Gasteiger partial charge on any atom is 0.348 e. The number of rotatable bonds is 7. The number of hydrogen-bond acceptors (Lipinski definition) is 7. The predicted octanol–water partition coefficient (Wildman–Crippen LogP) is 3.19. The van der Waals surface area contributed by atoms with Gasteiger partial charge in [0.2, 0.25) is 0 Å². The van der Waals surface area contributed by atoms with Gasteiger partial charge < -0.3 is 14.8 Å². The quantitative estimate of drug-likeness (QED) is 0.725. The number of ether oxygens (including phenoxy) is 2. The second-order valence-electron chi connectivity index (χ2n) is 5.80. The first-order chi connectivity index (χ1) is 12.8. The summed E-state index contributed by atoms with van der Waals surface area (Å²) in [5.41, 5.74) is 1.70. The average molecular weight is 393 g/mol. The van der Waals surface area contributed by atoms with E-state index in [9.17, 15) is 14.4 Å². The number of aromatic nitrogens is 2. The third kappa shape index (κ3) is 4.19. The lowest BCUT2D eigenvalue weighted by atomic mass is 10.1. The SMILES string of the molecule is CCCOC(=O)c1c(NC(=O)c2cnn(CC)c2C)sc(C(=O)OC)c1C. The molecule has 2 aromatic rings. The highest BCUT2D eigenvalue weighted by Crippen LogP contribution is 2.34. The highest BCUT2D eigenvalue weighted by molar-refractivity contribution is 7.18. The first-order valence-corrected chi connectivity index (χ1v) is 9.39. The van der Waals surface area contributed by atoms with E-state index in [2.05, 4.69) is 10.4 Å². The number of amides is 1. The zero-order valence-corrected chi connectivity index (χ0v) is 16.9. The molecule has 0 aliphatic carbocycles. The fourth-order valence-corrected chi connectivity index (χ4v) is 3.67. The van der Waals surface area contributed by atoms with Crippen LogP contribution < -0.4 is 5.32 Å². The van der Waals surface area contributed by atoms with Gasteiger partial charge in [0.1, 0.15) is 9.88 Å². The van der Waals surface area contributed by atoms with E-state index < -0.39 is 17.8 Å². The molecule has 8 nitrogen and oxygen atoms in total. The highest BCUT2D eigenvalue weighted by Gasteiger charge is 2.28. The Labute approximate surface area is 161 Å². The van der Waals surface area contributed by atoms with Crippen LogP contribution >= 0.6 is 11.3 Å². The van der Waals surface area contributed by atoms with Gasteiger partial charge in [0.15, 0.2) is 0 Å². The van der Waals surface area contributed by atoms with Gasteiger partial charge in [0, 0.05) is 12.2 Å². The molecule has 146 valence electrons. The van der Waals surface area contributed by atoms with Crippen LogP contribution in [0.25, 0.3) is 0 Å². The fourth-order valence-electron chi connectivity index (χ4n) is 2.56. The molecule has 1 amide bonds. The second kappa shape index (κ2) is 8.81. The van der Waals surface area contributed by atoms with Crippen LogP contribution in [0.3, 0.4) is 0 Å². The maximum atomic E-state index is 12.7. The van der Waals surface area contributed by atoms with Gasteiger partial charge in [-0.05, 0) is 32.8 Å². The molecule has 2 aromatic heterocycles. The number of nitrogens with zero attached hydrogens (tertiary/aromatic N) is 2. The van der Waals surface area contributed by atoms with Crippen LogP contribution in [0.15, 0.2) is 6.20 Å². The van der Waals surface area contributed by atoms with Crippen molar-refractivity contribution in [1.29, 1.82) is 0 Å². The summed E-state index contributed by atoms with van der Waals surface area (Å²) < 4.78 is 11.7. The lowest BCUT2D eigenvalue weighted by Gasteiger charge is -2.08. The maximum absolute atomic E-state index is 12.7. The number of methoxy groups -OCH3 is 1. The molecule has 27 heavy (non-hydrogen) atoms. The van der Waals surface area contributed by atoms with E-state index in [1.54, 1.807) is 18.5 Å². The number of hydrogen-bond donors (Lipinski definition) is 1. The van der Waals surface area contributed by atoms with E-state index in [0.29, 0.717) is 29.8 Å². The van der Waals surface area contributed by atoms with E-state index in [4.69, 9.17) is 9.47 Å². The van der Waals surface area contributed by atoms with Crippen molar-refractivity contribution in [3.05, 3.63) is 33.5 Å². The second-order valence-corrected chi connectivity index (χ2v) is 6.82. The fraction of sp³-hybridized carbons (Fsp3) is 0.444. The molecule has 0 aromatic carbocycles. The summed E-state index contributed by atoms with van der Waals surface area (Å²) in [6.45, 7) is 8.11. The predicted molar refractivity (Wildman–Crippen MR) is 102 cm³/mol. The Morgan fingerprint density at radius 3 is 2.48 bits per heavy atom. The smallest absolute Gasteiger partial charge is 0.348 e. The van der Waals surface area contributed by atoms with Crippen LogP contribution in [0, 0.1) is 13.8 Å². The number of aryl methyl sites for hydroxylation is 1. The molecule has 0 aliphatic heterocycles. The minimum absolute atomic E-state index is 0.169. The van der Waals surface area contributed by atoms with Gasteiger partial charge in [-0.1, -0.05) is 6.92 Å². The molecule has 0 saturated carbocycles. The normalized spacial score (nSPS) is 10.6. The molecular formula is C18H23N3O5S. The summed E-state index contributed by atoms with van der Waals surface area (Å²) >= 11 is 0.987. The highest BCUT2D eigenvalue weighted by atomic mass is 32.1. The van der Waals surface area contributed by atoms with Crippen molar-refractivity contribution in [2.24, 2.45) is 0 Å². The van der Waals surface area contributed by atoms with Crippen LogP contribution in [-0.4, -0.2) is 41.3 Å². The molecule has 0 saturated heterocycles. The topological polar surface area (TPSA) is 99.5 Å². The van der Waals surface area contributed by atoms with Crippen LogP contribution in [-0.2, 0) is 16.0 Å². The molecule has 2 heterocycles. The van der Waals surface area contributed by atoms with Gasteiger partial charge in [-0.25, -0.2) is 9.59 Å². The summed E-state index contributed by atoms with van der Waals surface area (Å²) in [5, 5.41) is 7.13. The molecule has 0 spiro atoms. The van der Waals surface area contributed by atoms with Gasteiger partial charge in [0.25, 0.3) is 5.91 Å². The van der Waals surface area contributed by atoms with E-state index in [0.717, 1.165) is 11.3 Å². The summed E-state index contributed by atoms with van der Waals surface area (Å²) in [6.07, 6.45) is 2.14. The Bertz CT molecular complexity index is 869. The first kappa shape index (κ1) is 20.6. The molecule has 0 aliphatic rings. The Kier molecular flexibility index (Phi) is 6.73. The lowest BCUT2D eigenvalue weighted by molar-refractivity contribution is 0.0506. The van der Waals surface area contributed by atoms with Crippen molar-refractivity contribution in [2.45, 2.75) is 40.7 Å². The lowest BCUT2D eigenvalue weighted by Crippen LogP contribution is -2.16. The molecule has 1 N–H and O–H groups in total. The number of thiophene rings is 1. The van der Waals surface area contributed by atoms with E-state index in [-0.39, 0.29) is 22.0 Å². The Morgan fingerprint density at radius 2 is 1.93 bits per heavy atom. The summed E-state index contributed by atoms with van der Waals surface area (Å²) in [5.74, 6) is -1.57. The van der Waals surface area contributed by atoms with Crippen LogP contribution in [0.2, 0.25) is 0 Å². The number of carbonyl (C=O) groups excluding carboxylic acids is 3. The monoisotopic (exact) mass is 393 g/mol. The summed E-state index contributed by atoms with van der Waals surface area (Å²) in [4.78, 5) is 37.4. The molecule has 0 atom stereocenters. The molecule has 0 radical (unpaired) electrons. The van der Waals surface area contributed by atoms with Crippen molar-refractivity contribution in [1.82, 2.24) is 9.78 Å².